The van der Waals surface area contributed by atoms with E-state index in [1.54, 1.807) is 18.2 Å². The Bertz CT molecular complexity index is 827. The molecule has 0 amide bonds. The Morgan fingerprint density at radius 2 is 1.19 bits per heavy atom. The fourth-order valence-electron chi connectivity index (χ4n) is 2.02. The SMILES string of the molecule is Br.O=S(=O)(O)NC1CCCCC1.O=S(=O)(O)O.O=S(=O)(O)c1ccccc1. The summed E-state index contributed by atoms with van der Waals surface area (Å²) in [7, 11) is -12.6. The molecule has 0 saturated heterocycles. The Labute approximate surface area is 169 Å². The molecule has 11 nitrogen and oxygen atoms in total. The molecule has 5 N–H and O–H groups in total. The summed E-state index contributed by atoms with van der Waals surface area (Å²) >= 11 is 0. The molecule has 2 rings (SSSR count). The first-order chi connectivity index (χ1) is 11.7. The van der Waals surface area contributed by atoms with E-state index in [9.17, 15) is 16.8 Å². The van der Waals surface area contributed by atoms with E-state index in [1.807, 2.05) is 0 Å². The van der Waals surface area contributed by atoms with Gasteiger partial charge in [-0.05, 0) is 25.0 Å². The fourth-order valence-corrected chi connectivity index (χ4v) is 3.18. The van der Waals surface area contributed by atoms with Gasteiger partial charge in [0, 0.05) is 6.04 Å². The van der Waals surface area contributed by atoms with E-state index < -0.39 is 30.8 Å². The molecule has 0 bridgehead atoms. The van der Waals surface area contributed by atoms with Crippen LogP contribution in [-0.4, -0.2) is 49.5 Å². The van der Waals surface area contributed by atoms with E-state index in [2.05, 4.69) is 4.72 Å². The number of halogens is 1. The summed E-state index contributed by atoms with van der Waals surface area (Å²) in [6.45, 7) is 0. The van der Waals surface area contributed by atoms with Crippen molar-refractivity contribution >= 4 is 47.8 Å². The van der Waals surface area contributed by atoms with Crippen LogP contribution in [0.4, 0.5) is 0 Å². The molecule has 15 heteroatoms. The Morgan fingerprint density at radius 3 is 1.48 bits per heavy atom. The van der Waals surface area contributed by atoms with Crippen molar-refractivity contribution in [1.29, 1.82) is 0 Å². The van der Waals surface area contributed by atoms with Gasteiger partial charge < -0.3 is 0 Å². The molecule has 1 aromatic rings. The summed E-state index contributed by atoms with van der Waals surface area (Å²) in [5.41, 5.74) is 0. The Balaban J connectivity index is 0. The second-order valence-corrected chi connectivity index (χ2v) is 8.67. The van der Waals surface area contributed by atoms with Crippen molar-refractivity contribution in [2.75, 3.05) is 0 Å². The summed E-state index contributed by atoms with van der Waals surface area (Å²) < 4.78 is 92.1. The van der Waals surface area contributed by atoms with Gasteiger partial charge in [-0.15, -0.1) is 17.0 Å². The highest BCUT2D eigenvalue weighted by atomic mass is 79.9. The van der Waals surface area contributed by atoms with Gasteiger partial charge in [0.1, 0.15) is 0 Å². The molecule has 1 fully saturated rings. The zero-order valence-corrected chi connectivity index (χ0v) is 18.0. The van der Waals surface area contributed by atoms with Crippen LogP contribution in [0.25, 0.3) is 0 Å². The van der Waals surface area contributed by atoms with Crippen molar-refractivity contribution in [2.24, 2.45) is 0 Å². The van der Waals surface area contributed by atoms with E-state index in [4.69, 9.17) is 26.6 Å². The quantitative estimate of drug-likeness (QED) is 0.368. The van der Waals surface area contributed by atoms with Crippen molar-refractivity contribution in [1.82, 2.24) is 4.72 Å². The number of benzene rings is 1. The average Bonchev–Trinajstić information content (AvgIpc) is 2.45. The minimum Gasteiger partial charge on any atom is -0.282 e. The summed E-state index contributed by atoms with van der Waals surface area (Å²) in [5, 5.41) is 0. The standard InChI is InChI=1S/C6H13NO3S.C6H6O3S.BrH.H2O4S/c8-11(9,10)7-6-4-2-1-3-5-6;7-10(8,9)6-4-2-1-3-5-6;;1-5(2,3)4/h6-7H,1-5H2,(H,8,9,10);1-5H,(H,7,8,9);1H;(H2,1,2,3,4). The van der Waals surface area contributed by atoms with Gasteiger partial charge in [-0.25, -0.2) is 0 Å². The molecule has 27 heavy (non-hydrogen) atoms. The molecule has 0 aromatic heterocycles. The maximum absolute atomic E-state index is 10.4. The topological polar surface area (TPSA) is 195 Å². The van der Waals surface area contributed by atoms with Gasteiger partial charge in [-0.3, -0.25) is 18.2 Å². The molecule has 0 heterocycles. The lowest BCUT2D eigenvalue weighted by Gasteiger charge is -2.20. The van der Waals surface area contributed by atoms with Crippen LogP contribution in [0.5, 0.6) is 0 Å². The van der Waals surface area contributed by atoms with Crippen molar-refractivity contribution in [2.45, 2.75) is 43.0 Å². The Hall–Kier alpha value is -0.650. The molecular weight excluding hydrogens is 494 g/mol. The zero-order chi connectivity index (χ0) is 20.4. The number of hydrogen-bond donors (Lipinski definition) is 5. The number of hydrogen-bond acceptors (Lipinski definition) is 6. The summed E-state index contributed by atoms with van der Waals surface area (Å²) in [4.78, 5) is -0.0741. The highest BCUT2D eigenvalue weighted by Gasteiger charge is 2.17. The maximum atomic E-state index is 10.4. The second kappa shape index (κ2) is 12.7. The van der Waals surface area contributed by atoms with Gasteiger partial charge in [-0.1, -0.05) is 37.5 Å². The predicted octanol–water partition coefficient (Wildman–Crippen LogP) is 1.57. The first kappa shape index (κ1) is 28.6. The third-order valence-corrected chi connectivity index (χ3v) is 4.46. The molecule has 160 valence electrons. The van der Waals surface area contributed by atoms with Gasteiger partial charge >= 0.3 is 20.7 Å². The van der Waals surface area contributed by atoms with Crippen molar-refractivity contribution in [3.63, 3.8) is 0 Å². The van der Waals surface area contributed by atoms with Crippen LogP contribution in [0.3, 0.4) is 0 Å². The summed E-state index contributed by atoms with van der Waals surface area (Å²) in [6.07, 6.45) is 4.96. The Morgan fingerprint density at radius 1 is 0.778 bits per heavy atom. The molecular formula is C12H22BrNO10S3. The van der Waals surface area contributed by atoms with Crippen LogP contribution in [0.2, 0.25) is 0 Å². The normalized spacial score (nSPS) is 15.3. The van der Waals surface area contributed by atoms with Crippen molar-refractivity contribution in [3.8, 4) is 0 Å². The van der Waals surface area contributed by atoms with Crippen LogP contribution in [0.1, 0.15) is 32.1 Å². The van der Waals surface area contributed by atoms with Gasteiger partial charge in [0.05, 0.1) is 4.90 Å². The van der Waals surface area contributed by atoms with Gasteiger partial charge in [-0.2, -0.15) is 30.0 Å². The van der Waals surface area contributed by atoms with E-state index in [0.29, 0.717) is 0 Å². The molecule has 0 radical (unpaired) electrons. The highest BCUT2D eigenvalue weighted by molar-refractivity contribution is 8.93. The molecule has 0 atom stereocenters. The van der Waals surface area contributed by atoms with E-state index in [1.165, 1.54) is 18.6 Å². The van der Waals surface area contributed by atoms with Crippen LogP contribution in [-0.2, 0) is 30.8 Å². The molecule has 0 unspecified atom stereocenters. The predicted molar refractivity (Wildman–Crippen MR) is 102 cm³/mol. The third kappa shape index (κ3) is 19.9. The van der Waals surface area contributed by atoms with Crippen LogP contribution in [0.15, 0.2) is 35.2 Å². The molecule has 1 aromatic carbocycles. The summed E-state index contributed by atoms with van der Waals surface area (Å²) in [5.74, 6) is 0. The first-order valence-corrected chi connectivity index (χ1v) is 11.4. The first-order valence-electron chi connectivity index (χ1n) is 7.15. The highest BCUT2D eigenvalue weighted by Crippen LogP contribution is 2.17. The fraction of sp³-hybridized carbons (Fsp3) is 0.500. The monoisotopic (exact) mass is 515 g/mol. The van der Waals surface area contributed by atoms with Crippen molar-refractivity contribution in [3.05, 3.63) is 30.3 Å². The van der Waals surface area contributed by atoms with E-state index in [0.717, 1.165) is 25.7 Å². The maximum Gasteiger partial charge on any atom is 0.394 e. The molecule has 1 saturated carbocycles. The van der Waals surface area contributed by atoms with Crippen LogP contribution >= 0.6 is 17.0 Å². The molecule has 1 aliphatic rings. The van der Waals surface area contributed by atoms with Gasteiger partial charge in [0.2, 0.25) is 0 Å². The Kier molecular flexibility index (Phi) is 13.5. The summed E-state index contributed by atoms with van der Waals surface area (Å²) in [6, 6.07) is 7.38. The number of rotatable bonds is 3. The lowest BCUT2D eigenvalue weighted by molar-refractivity contribution is 0.380. The van der Waals surface area contributed by atoms with Gasteiger partial charge in [0.25, 0.3) is 10.1 Å². The smallest absolute Gasteiger partial charge is 0.282 e. The zero-order valence-electron chi connectivity index (χ0n) is 13.9. The van der Waals surface area contributed by atoms with Gasteiger partial charge in [0.15, 0.2) is 0 Å². The average molecular weight is 516 g/mol. The van der Waals surface area contributed by atoms with E-state index >= 15 is 0 Å². The van der Waals surface area contributed by atoms with Crippen molar-refractivity contribution < 1.29 is 43.5 Å². The minimum atomic E-state index is -4.67. The van der Waals surface area contributed by atoms with E-state index in [-0.39, 0.29) is 27.9 Å². The molecule has 0 spiro atoms. The second-order valence-electron chi connectivity index (χ2n) is 5.16. The lowest BCUT2D eigenvalue weighted by Crippen LogP contribution is -2.35. The third-order valence-electron chi connectivity index (χ3n) is 2.96. The molecule has 0 aliphatic heterocycles. The van der Waals surface area contributed by atoms with Crippen LogP contribution < -0.4 is 4.72 Å². The molecule has 1 aliphatic carbocycles. The lowest BCUT2D eigenvalue weighted by atomic mass is 9.96. The minimum absolute atomic E-state index is 0. The van der Waals surface area contributed by atoms with Crippen LogP contribution in [0, 0.1) is 0 Å². The number of nitrogens with one attached hydrogen (secondary N) is 1. The largest absolute Gasteiger partial charge is 0.394 e.